The number of carbonyl (C=O) groups excluding carboxylic acids is 1. The highest BCUT2D eigenvalue weighted by atomic mass is 19.4. The molecule has 1 atom stereocenters. The highest BCUT2D eigenvalue weighted by Gasteiger charge is 2.57. The number of carbonyl (C=O) groups is 1. The van der Waals surface area contributed by atoms with E-state index in [2.05, 4.69) is 0 Å². The molecule has 1 fully saturated rings. The summed E-state index contributed by atoms with van der Waals surface area (Å²) in [5.41, 5.74) is -1.71. The quantitative estimate of drug-likeness (QED) is 0.907. The molecule has 1 aromatic carbocycles. The Bertz CT molecular complexity index is 545. The van der Waals surface area contributed by atoms with Crippen molar-refractivity contribution in [2.24, 2.45) is 0 Å². The molecule has 0 radical (unpaired) electrons. The Labute approximate surface area is 120 Å². The number of hydrogen-bond donors (Lipinski definition) is 1. The van der Waals surface area contributed by atoms with Gasteiger partial charge in [0.15, 0.2) is 5.60 Å². The summed E-state index contributed by atoms with van der Waals surface area (Å²) in [7, 11) is 3.61. The van der Waals surface area contributed by atoms with Gasteiger partial charge in [-0.05, 0) is 18.2 Å². The van der Waals surface area contributed by atoms with Crippen molar-refractivity contribution < 1.29 is 23.1 Å². The monoisotopic (exact) mass is 302 g/mol. The molecule has 0 saturated carbocycles. The van der Waals surface area contributed by atoms with Gasteiger partial charge in [0.25, 0.3) is 5.91 Å². The lowest BCUT2D eigenvalue weighted by atomic mass is 10.0. The molecule has 4 nitrogen and oxygen atoms in total. The first-order chi connectivity index (χ1) is 9.64. The van der Waals surface area contributed by atoms with Crippen LogP contribution in [0.5, 0.6) is 0 Å². The second-order valence-electron chi connectivity index (χ2n) is 5.45. The van der Waals surface area contributed by atoms with Gasteiger partial charge in [-0.1, -0.05) is 6.07 Å². The second-order valence-corrected chi connectivity index (χ2v) is 5.45. The molecule has 1 amide bonds. The Balaban J connectivity index is 2.17. The summed E-state index contributed by atoms with van der Waals surface area (Å²) < 4.78 is 38.3. The van der Waals surface area contributed by atoms with Crippen LogP contribution in [0, 0.1) is 0 Å². The number of aliphatic hydroxyl groups is 1. The molecule has 1 N–H and O–H groups in total. The van der Waals surface area contributed by atoms with Crippen LogP contribution in [0.1, 0.15) is 16.8 Å². The van der Waals surface area contributed by atoms with E-state index in [1.165, 1.54) is 0 Å². The van der Waals surface area contributed by atoms with Crippen LogP contribution < -0.4 is 4.90 Å². The minimum Gasteiger partial charge on any atom is -0.379 e. The zero-order valence-electron chi connectivity index (χ0n) is 11.8. The number of anilines is 1. The smallest absolute Gasteiger partial charge is 0.379 e. The van der Waals surface area contributed by atoms with E-state index in [1.54, 1.807) is 29.2 Å². The highest BCUT2D eigenvalue weighted by Crippen LogP contribution is 2.38. The molecule has 1 aliphatic rings. The minimum atomic E-state index is -4.73. The molecule has 116 valence electrons. The Hall–Kier alpha value is -1.76. The molecular weight excluding hydrogens is 285 g/mol. The lowest BCUT2D eigenvalue weighted by Crippen LogP contribution is -2.48. The van der Waals surface area contributed by atoms with Crippen molar-refractivity contribution in [3.05, 3.63) is 29.8 Å². The molecule has 0 unspecified atom stereocenters. The van der Waals surface area contributed by atoms with Crippen molar-refractivity contribution in [3.63, 3.8) is 0 Å². The van der Waals surface area contributed by atoms with Gasteiger partial charge in [-0.25, -0.2) is 0 Å². The first-order valence-electron chi connectivity index (χ1n) is 6.50. The van der Waals surface area contributed by atoms with Gasteiger partial charge in [0, 0.05) is 38.3 Å². The number of alkyl halides is 3. The third-order valence-electron chi connectivity index (χ3n) is 3.67. The van der Waals surface area contributed by atoms with Crippen LogP contribution in [0.4, 0.5) is 18.9 Å². The first-order valence-corrected chi connectivity index (χ1v) is 6.50. The van der Waals surface area contributed by atoms with Crippen LogP contribution in [-0.4, -0.2) is 54.9 Å². The summed E-state index contributed by atoms with van der Waals surface area (Å²) in [6.45, 7) is -0.831. The van der Waals surface area contributed by atoms with Crippen LogP contribution in [0.15, 0.2) is 24.3 Å². The summed E-state index contributed by atoms with van der Waals surface area (Å²) in [5.74, 6) is -0.501. The van der Waals surface area contributed by atoms with Gasteiger partial charge in [0.1, 0.15) is 0 Å². The first kappa shape index (κ1) is 15.6. The van der Waals surface area contributed by atoms with Crippen LogP contribution in [0.3, 0.4) is 0 Å². The van der Waals surface area contributed by atoms with Crippen molar-refractivity contribution in [2.75, 3.05) is 32.1 Å². The average Bonchev–Trinajstić information content (AvgIpc) is 2.81. The topological polar surface area (TPSA) is 43.8 Å². The zero-order chi connectivity index (χ0) is 15.8. The fourth-order valence-electron chi connectivity index (χ4n) is 2.30. The molecule has 0 spiro atoms. The highest BCUT2D eigenvalue weighted by molar-refractivity contribution is 5.95. The van der Waals surface area contributed by atoms with E-state index in [9.17, 15) is 23.1 Å². The van der Waals surface area contributed by atoms with E-state index in [4.69, 9.17) is 0 Å². The average molecular weight is 302 g/mol. The number of β-amino-alcohol motifs (C(OH)–C–C–N with tert-alkyl or cyclic N) is 1. The number of nitrogens with zero attached hydrogens (tertiary/aromatic N) is 2. The molecule has 7 heteroatoms. The fourth-order valence-corrected chi connectivity index (χ4v) is 2.30. The van der Waals surface area contributed by atoms with E-state index in [-0.39, 0.29) is 6.54 Å². The molecule has 0 aliphatic carbocycles. The Morgan fingerprint density at radius 1 is 1.38 bits per heavy atom. The van der Waals surface area contributed by atoms with Crippen molar-refractivity contribution >= 4 is 11.6 Å². The van der Waals surface area contributed by atoms with Crippen molar-refractivity contribution in [3.8, 4) is 0 Å². The van der Waals surface area contributed by atoms with E-state index in [0.29, 0.717) is 5.56 Å². The number of likely N-dealkylation sites (tertiary alicyclic amines) is 1. The third-order valence-corrected chi connectivity index (χ3v) is 3.67. The second kappa shape index (κ2) is 5.22. The SMILES string of the molecule is CN(C)c1cccc(C(=O)N2CC[C@@](O)(C(F)(F)F)C2)c1. The van der Waals surface area contributed by atoms with Crippen LogP contribution in [0.25, 0.3) is 0 Å². The molecule has 2 rings (SSSR count). The molecule has 0 bridgehead atoms. The van der Waals surface area contributed by atoms with Gasteiger partial charge >= 0.3 is 6.18 Å². The number of hydrogen-bond acceptors (Lipinski definition) is 3. The lowest BCUT2D eigenvalue weighted by molar-refractivity contribution is -0.253. The molecule has 1 heterocycles. The fraction of sp³-hybridized carbons (Fsp3) is 0.500. The van der Waals surface area contributed by atoms with E-state index in [0.717, 1.165) is 10.6 Å². The maximum Gasteiger partial charge on any atom is 0.419 e. The van der Waals surface area contributed by atoms with Gasteiger partial charge in [-0.3, -0.25) is 4.79 Å². The summed E-state index contributed by atoms with van der Waals surface area (Å²) in [4.78, 5) is 15.1. The van der Waals surface area contributed by atoms with E-state index in [1.807, 2.05) is 14.1 Å². The van der Waals surface area contributed by atoms with Crippen LogP contribution in [-0.2, 0) is 0 Å². The summed E-state index contributed by atoms with van der Waals surface area (Å²) in [6, 6.07) is 6.65. The van der Waals surface area contributed by atoms with Gasteiger partial charge < -0.3 is 14.9 Å². The number of rotatable bonds is 2. The Morgan fingerprint density at radius 3 is 2.57 bits per heavy atom. The summed E-state index contributed by atoms with van der Waals surface area (Å²) >= 11 is 0. The Morgan fingerprint density at radius 2 is 2.05 bits per heavy atom. The molecular formula is C14H17F3N2O2. The third kappa shape index (κ3) is 2.97. The van der Waals surface area contributed by atoms with Crippen LogP contribution >= 0.6 is 0 Å². The van der Waals surface area contributed by atoms with Crippen molar-refractivity contribution in [1.82, 2.24) is 4.90 Å². The van der Waals surface area contributed by atoms with Gasteiger partial charge in [-0.15, -0.1) is 0 Å². The van der Waals surface area contributed by atoms with Gasteiger partial charge in [0.2, 0.25) is 0 Å². The standard InChI is InChI=1S/C14H17F3N2O2/c1-18(2)11-5-3-4-10(8-11)12(20)19-7-6-13(21,9-19)14(15,16)17/h3-5,8,21H,6-7,9H2,1-2H3/t13-/m0/s1. The molecule has 1 aliphatic heterocycles. The largest absolute Gasteiger partial charge is 0.419 e. The van der Waals surface area contributed by atoms with Gasteiger partial charge in [-0.2, -0.15) is 13.2 Å². The number of benzene rings is 1. The summed E-state index contributed by atoms with van der Waals surface area (Å²) in [6.07, 6.45) is -5.22. The number of halogens is 3. The van der Waals surface area contributed by atoms with E-state index < -0.39 is 30.7 Å². The summed E-state index contributed by atoms with van der Waals surface area (Å²) in [5, 5.41) is 9.61. The molecule has 21 heavy (non-hydrogen) atoms. The predicted octanol–water partition coefficient (Wildman–Crippen LogP) is 1.89. The molecule has 1 aromatic rings. The molecule has 1 saturated heterocycles. The normalized spacial score (nSPS) is 22.5. The minimum absolute atomic E-state index is 0.110. The van der Waals surface area contributed by atoms with Crippen molar-refractivity contribution in [1.29, 1.82) is 0 Å². The Kier molecular flexibility index (Phi) is 3.88. The van der Waals surface area contributed by atoms with Crippen LogP contribution in [0.2, 0.25) is 0 Å². The predicted molar refractivity (Wildman–Crippen MR) is 72.3 cm³/mol. The molecule has 0 aromatic heterocycles. The van der Waals surface area contributed by atoms with Crippen molar-refractivity contribution in [2.45, 2.75) is 18.2 Å². The lowest BCUT2D eigenvalue weighted by Gasteiger charge is -2.26. The van der Waals surface area contributed by atoms with Gasteiger partial charge in [0.05, 0.1) is 6.54 Å². The number of amides is 1. The maximum absolute atomic E-state index is 12.8. The van der Waals surface area contributed by atoms with E-state index >= 15 is 0 Å². The maximum atomic E-state index is 12.8. The zero-order valence-corrected chi connectivity index (χ0v) is 11.8.